The second kappa shape index (κ2) is 10.3. The highest BCUT2D eigenvalue weighted by Crippen LogP contribution is 2.16. The first-order valence-corrected chi connectivity index (χ1v) is 10.7. The number of hydrogen-bond acceptors (Lipinski definition) is 4. The zero-order valence-electron chi connectivity index (χ0n) is 18.3. The maximum absolute atomic E-state index is 12.7. The number of anilines is 2. The van der Waals surface area contributed by atoms with Crippen molar-refractivity contribution in [1.29, 1.82) is 0 Å². The van der Waals surface area contributed by atoms with E-state index >= 15 is 0 Å². The Morgan fingerprint density at radius 1 is 0.879 bits per heavy atom. The maximum atomic E-state index is 12.7. The lowest BCUT2D eigenvalue weighted by molar-refractivity contribution is -0.114. The van der Waals surface area contributed by atoms with Crippen LogP contribution in [0.25, 0.3) is 5.69 Å². The van der Waals surface area contributed by atoms with E-state index in [9.17, 15) is 9.59 Å². The van der Waals surface area contributed by atoms with Crippen molar-refractivity contribution < 1.29 is 9.59 Å². The van der Waals surface area contributed by atoms with Crippen LogP contribution in [-0.2, 0) is 11.3 Å². The van der Waals surface area contributed by atoms with E-state index in [-0.39, 0.29) is 18.4 Å². The third-order valence-electron chi connectivity index (χ3n) is 5.06. The van der Waals surface area contributed by atoms with Gasteiger partial charge in [0.15, 0.2) is 0 Å². The molecule has 7 heteroatoms. The number of amides is 2. The van der Waals surface area contributed by atoms with Crippen molar-refractivity contribution in [3.8, 4) is 5.69 Å². The Bertz CT molecular complexity index is 1230. The SMILES string of the molecule is Cc1ccc(CNC(=O)c2ccccc2NC(=O)CNc2ccn(-c3ccccc3)n2)cc1. The molecule has 2 amide bonds. The molecule has 0 saturated heterocycles. The molecule has 0 aliphatic rings. The van der Waals surface area contributed by atoms with Crippen LogP contribution in [0.2, 0.25) is 0 Å². The number of nitrogens with zero attached hydrogens (tertiary/aromatic N) is 2. The van der Waals surface area contributed by atoms with Crippen molar-refractivity contribution in [2.45, 2.75) is 13.5 Å². The summed E-state index contributed by atoms with van der Waals surface area (Å²) in [7, 11) is 0. The summed E-state index contributed by atoms with van der Waals surface area (Å²) in [6.07, 6.45) is 1.82. The first-order valence-electron chi connectivity index (χ1n) is 10.7. The zero-order valence-corrected chi connectivity index (χ0v) is 18.3. The highest BCUT2D eigenvalue weighted by molar-refractivity contribution is 6.04. The van der Waals surface area contributed by atoms with Crippen molar-refractivity contribution in [3.05, 3.63) is 108 Å². The average molecular weight is 440 g/mol. The van der Waals surface area contributed by atoms with Crippen molar-refractivity contribution in [2.24, 2.45) is 0 Å². The van der Waals surface area contributed by atoms with Crippen LogP contribution in [0.15, 0.2) is 91.1 Å². The van der Waals surface area contributed by atoms with Gasteiger partial charge < -0.3 is 16.0 Å². The van der Waals surface area contributed by atoms with Gasteiger partial charge in [-0.3, -0.25) is 9.59 Å². The molecule has 0 spiro atoms. The van der Waals surface area contributed by atoms with Crippen LogP contribution in [0, 0.1) is 6.92 Å². The Balaban J connectivity index is 1.33. The Hall–Kier alpha value is -4.39. The summed E-state index contributed by atoms with van der Waals surface area (Å²) >= 11 is 0. The third kappa shape index (κ3) is 5.86. The van der Waals surface area contributed by atoms with Gasteiger partial charge >= 0.3 is 0 Å². The Morgan fingerprint density at radius 2 is 1.61 bits per heavy atom. The van der Waals surface area contributed by atoms with E-state index in [1.165, 1.54) is 5.56 Å². The minimum absolute atomic E-state index is 0.0190. The third-order valence-corrected chi connectivity index (χ3v) is 5.06. The number of carbonyl (C=O) groups is 2. The number of rotatable bonds is 8. The molecule has 0 fully saturated rings. The summed E-state index contributed by atoms with van der Waals surface area (Å²) in [5, 5.41) is 13.2. The Kier molecular flexibility index (Phi) is 6.80. The van der Waals surface area contributed by atoms with Gasteiger partial charge in [-0.25, -0.2) is 4.68 Å². The van der Waals surface area contributed by atoms with Crippen LogP contribution in [0.1, 0.15) is 21.5 Å². The molecule has 3 N–H and O–H groups in total. The smallest absolute Gasteiger partial charge is 0.253 e. The van der Waals surface area contributed by atoms with E-state index in [0.29, 0.717) is 23.6 Å². The molecule has 0 unspecified atom stereocenters. The fourth-order valence-corrected chi connectivity index (χ4v) is 3.28. The number of aryl methyl sites for hydroxylation is 1. The summed E-state index contributed by atoms with van der Waals surface area (Å²) in [5.74, 6) is 0.0576. The maximum Gasteiger partial charge on any atom is 0.253 e. The van der Waals surface area contributed by atoms with Crippen molar-refractivity contribution >= 4 is 23.3 Å². The molecule has 0 saturated carbocycles. The molecule has 4 rings (SSSR count). The number of aromatic nitrogens is 2. The fourth-order valence-electron chi connectivity index (χ4n) is 3.28. The van der Waals surface area contributed by atoms with Gasteiger partial charge in [0.25, 0.3) is 5.91 Å². The van der Waals surface area contributed by atoms with Crippen LogP contribution in [0.4, 0.5) is 11.5 Å². The second-order valence-corrected chi connectivity index (χ2v) is 7.60. The lowest BCUT2D eigenvalue weighted by Gasteiger charge is -2.12. The van der Waals surface area contributed by atoms with Gasteiger partial charge in [0.05, 0.1) is 23.5 Å². The molecule has 1 heterocycles. The van der Waals surface area contributed by atoms with Crippen molar-refractivity contribution in [2.75, 3.05) is 17.2 Å². The highest BCUT2D eigenvalue weighted by Gasteiger charge is 2.13. The molecule has 3 aromatic carbocycles. The van der Waals surface area contributed by atoms with E-state index in [4.69, 9.17) is 0 Å². The standard InChI is InChI=1S/C26H25N5O2/c1-19-11-13-20(14-12-19)17-28-26(33)22-9-5-6-10-23(22)29-25(32)18-27-24-15-16-31(30-24)21-7-3-2-4-8-21/h2-16H,17-18H2,1H3,(H,27,30)(H,28,33)(H,29,32). The van der Waals surface area contributed by atoms with Gasteiger partial charge in [-0.1, -0.05) is 60.2 Å². The van der Waals surface area contributed by atoms with E-state index in [1.54, 1.807) is 35.0 Å². The highest BCUT2D eigenvalue weighted by atomic mass is 16.2. The van der Waals surface area contributed by atoms with Crippen LogP contribution in [0.3, 0.4) is 0 Å². The van der Waals surface area contributed by atoms with Gasteiger partial charge in [-0.05, 0) is 36.8 Å². The molecule has 0 radical (unpaired) electrons. The van der Waals surface area contributed by atoms with Crippen LogP contribution in [0.5, 0.6) is 0 Å². The monoisotopic (exact) mass is 439 g/mol. The molecule has 0 aliphatic heterocycles. The van der Waals surface area contributed by atoms with Crippen LogP contribution >= 0.6 is 0 Å². The molecular formula is C26H25N5O2. The van der Waals surface area contributed by atoms with E-state index in [0.717, 1.165) is 11.3 Å². The predicted molar refractivity (Wildman–Crippen MR) is 129 cm³/mol. The molecule has 7 nitrogen and oxygen atoms in total. The lowest BCUT2D eigenvalue weighted by Crippen LogP contribution is -2.26. The summed E-state index contributed by atoms with van der Waals surface area (Å²) in [4.78, 5) is 25.2. The molecule has 0 atom stereocenters. The summed E-state index contributed by atoms with van der Waals surface area (Å²) in [6.45, 7) is 2.45. The van der Waals surface area contributed by atoms with Crippen molar-refractivity contribution in [1.82, 2.24) is 15.1 Å². The van der Waals surface area contributed by atoms with Gasteiger partial charge in [-0.2, -0.15) is 5.10 Å². The van der Waals surface area contributed by atoms with Crippen LogP contribution in [-0.4, -0.2) is 28.1 Å². The van der Waals surface area contributed by atoms with Gasteiger partial charge in [0.1, 0.15) is 5.82 Å². The minimum atomic E-state index is -0.275. The van der Waals surface area contributed by atoms with Crippen LogP contribution < -0.4 is 16.0 Å². The molecule has 0 bridgehead atoms. The normalized spacial score (nSPS) is 10.5. The fraction of sp³-hybridized carbons (Fsp3) is 0.115. The number of hydrogen-bond donors (Lipinski definition) is 3. The number of benzene rings is 3. The number of para-hydroxylation sites is 2. The van der Waals surface area contributed by atoms with Gasteiger partial charge in [-0.15, -0.1) is 0 Å². The van der Waals surface area contributed by atoms with E-state index in [2.05, 4.69) is 21.0 Å². The molecule has 4 aromatic rings. The first-order chi connectivity index (χ1) is 16.1. The van der Waals surface area contributed by atoms with Crippen molar-refractivity contribution in [3.63, 3.8) is 0 Å². The molecule has 1 aromatic heterocycles. The van der Waals surface area contributed by atoms with E-state index < -0.39 is 0 Å². The quantitative estimate of drug-likeness (QED) is 0.385. The van der Waals surface area contributed by atoms with Gasteiger partial charge in [0, 0.05) is 18.8 Å². The molecule has 0 aliphatic carbocycles. The molecule has 166 valence electrons. The molecular weight excluding hydrogens is 414 g/mol. The Labute approximate surface area is 192 Å². The second-order valence-electron chi connectivity index (χ2n) is 7.60. The largest absolute Gasteiger partial charge is 0.360 e. The minimum Gasteiger partial charge on any atom is -0.360 e. The summed E-state index contributed by atoms with van der Waals surface area (Å²) < 4.78 is 1.73. The summed E-state index contributed by atoms with van der Waals surface area (Å²) in [6, 6.07) is 26.4. The number of carbonyl (C=O) groups excluding carboxylic acids is 2. The lowest BCUT2D eigenvalue weighted by atomic mass is 10.1. The Morgan fingerprint density at radius 3 is 2.39 bits per heavy atom. The topological polar surface area (TPSA) is 88.0 Å². The summed E-state index contributed by atoms with van der Waals surface area (Å²) in [5.41, 5.74) is 3.97. The zero-order chi connectivity index (χ0) is 23.0. The average Bonchev–Trinajstić information content (AvgIpc) is 3.32. The van der Waals surface area contributed by atoms with Gasteiger partial charge in [0.2, 0.25) is 5.91 Å². The first kappa shape index (κ1) is 21.8. The predicted octanol–water partition coefficient (Wildman–Crippen LogP) is 4.16. The molecule has 33 heavy (non-hydrogen) atoms. The number of nitrogens with one attached hydrogen (secondary N) is 3. The van der Waals surface area contributed by atoms with E-state index in [1.807, 2.05) is 67.7 Å².